The molecule has 29 heavy (non-hydrogen) atoms. The lowest BCUT2D eigenvalue weighted by atomic mass is 10.1. The van der Waals surface area contributed by atoms with Gasteiger partial charge >= 0.3 is 0 Å². The third-order valence-electron chi connectivity index (χ3n) is 4.07. The Morgan fingerprint density at radius 3 is 2.93 bits per heavy atom. The van der Waals surface area contributed by atoms with Gasteiger partial charge in [-0.05, 0) is 25.1 Å². The van der Waals surface area contributed by atoms with Gasteiger partial charge in [0.2, 0.25) is 5.91 Å². The Hall–Kier alpha value is -2.91. The second-order valence-electron chi connectivity index (χ2n) is 6.46. The smallest absolute Gasteiger partial charge is 0.223 e. The zero-order chi connectivity index (χ0) is 20.2. The summed E-state index contributed by atoms with van der Waals surface area (Å²) < 4.78 is 7.60. The summed E-state index contributed by atoms with van der Waals surface area (Å²) in [5.74, 6) is 2.13. The van der Waals surface area contributed by atoms with Crippen LogP contribution in [-0.2, 0) is 17.1 Å². The average Bonchev–Trinajstić information content (AvgIpc) is 3.42. The van der Waals surface area contributed by atoms with Crippen LogP contribution in [0.3, 0.4) is 0 Å². The fraction of sp³-hybridized carbons (Fsp3) is 0.200. The second kappa shape index (κ2) is 8.62. The molecule has 0 saturated carbocycles. The summed E-state index contributed by atoms with van der Waals surface area (Å²) in [6, 6.07) is 12.0. The van der Waals surface area contributed by atoms with Crippen molar-refractivity contribution in [2.24, 2.45) is 0 Å². The van der Waals surface area contributed by atoms with E-state index in [-0.39, 0.29) is 5.91 Å². The van der Waals surface area contributed by atoms with Crippen molar-refractivity contribution in [2.75, 3.05) is 5.32 Å². The molecule has 0 bridgehead atoms. The maximum Gasteiger partial charge on any atom is 0.223 e. The Kier molecular flexibility index (Phi) is 5.77. The molecular formula is C20H19N5O2S2. The number of anilines is 1. The highest BCUT2D eigenvalue weighted by molar-refractivity contribution is 7.98. The SMILES string of the molecule is CC(=O)Nc1nc(CSc2nnc(-c3cccc(C)c3)n2Cc2ccco2)cs1. The minimum Gasteiger partial charge on any atom is -0.467 e. The number of furan rings is 1. The van der Waals surface area contributed by atoms with E-state index >= 15 is 0 Å². The number of nitrogens with zero attached hydrogens (tertiary/aromatic N) is 4. The maximum atomic E-state index is 11.2. The van der Waals surface area contributed by atoms with Gasteiger partial charge in [-0.3, -0.25) is 9.36 Å². The molecular weight excluding hydrogens is 406 g/mol. The predicted octanol–water partition coefficient (Wildman–Crippen LogP) is 4.60. The third kappa shape index (κ3) is 4.75. The van der Waals surface area contributed by atoms with Crippen LogP contribution in [0.1, 0.15) is 23.9 Å². The molecule has 0 radical (unpaired) electrons. The van der Waals surface area contributed by atoms with Gasteiger partial charge in [-0.15, -0.1) is 21.5 Å². The van der Waals surface area contributed by atoms with Crippen molar-refractivity contribution in [1.82, 2.24) is 19.7 Å². The molecule has 0 saturated heterocycles. The lowest BCUT2D eigenvalue weighted by Crippen LogP contribution is -2.05. The van der Waals surface area contributed by atoms with Crippen molar-refractivity contribution in [3.05, 3.63) is 65.1 Å². The number of aryl methyl sites for hydroxylation is 1. The maximum absolute atomic E-state index is 11.2. The Balaban J connectivity index is 1.59. The third-order valence-corrected chi connectivity index (χ3v) is 5.88. The van der Waals surface area contributed by atoms with Gasteiger partial charge in [0, 0.05) is 23.6 Å². The molecule has 0 atom stereocenters. The number of rotatable bonds is 7. The lowest BCUT2D eigenvalue weighted by molar-refractivity contribution is -0.114. The molecule has 0 aliphatic rings. The van der Waals surface area contributed by atoms with E-state index in [4.69, 9.17) is 4.42 Å². The summed E-state index contributed by atoms with van der Waals surface area (Å²) in [6.45, 7) is 4.07. The van der Waals surface area contributed by atoms with Crippen LogP contribution in [0.2, 0.25) is 0 Å². The molecule has 1 aromatic carbocycles. The summed E-state index contributed by atoms with van der Waals surface area (Å²) in [7, 11) is 0. The largest absolute Gasteiger partial charge is 0.467 e. The Labute approximate surface area is 176 Å². The number of benzene rings is 1. The van der Waals surface area contributed by atoms with Crippen LogP contribution in [-0.4, -0.2) is 25.7 Å². The van der Waals surface area contributed by atoms with E-state index in [1.54, 1.807) is 18.0 Å². The normalized spacial score (nSPS) is 11.0. The second-order valence-corrected chi connectivity index (χ2v) is 8.26. The van der Waals surface area contributed by atoms with Gasteiger partial charge in [-0.1, -0.05) is 35.5 Å². The van der Waals surface area contributed by atoms with E-state index < -0.39 is 0 Å². The quantitative estimate of drug-likeness (QED) is 0.436. The van der Waals surface area contributed by atoms with Crippen molar-refractivity contribution < 1.29 is 9.21 Å². The Bertz CT molecular complexity index is 1120. The zero-order valence-corrected chi connectivity index (χ0v) is 17.6. The van der Waals surface area contributed by atoms with Gasteiger partial charge in [0.25, 0.3) is 0 Å². The van der Waals surface area contributed by atoms with Crippen molar-refractivity contribution >= 4 is 34.1 Å². The standard InChI is InChI=1S/C20H19N5O2S2/c1-13-5-3-6-15(9-13)18-23-24-20(25(18)10-17-7-4-8-27-17)29-12-16-11-28-19(22-16)21-14(2)26/h3-9,11H,10,12H2,1-2H3,(H,21,22,26). The molecule has 9 heteroatoms. The van der Waals surface area contributed by atoms with E-state index in [1.807, 2.05) is 29.6 Å². The molecule has 3 heterocycles. The molecule has 0 spiro atoms. The van der Waals surface area contributed by atoms with Gasteiger partial charge in [0.15, 0.2) is 16.1 Å². The molecule has 148 valence electrons. The number of thiazole rings is 1. The van der Waals surface area contributed by atoms with Crippen LogP contribution < -0.4 is 5.32 Å². The number of thioether (sulfide) groups is 1. The van der Waals surface area contributed by atoms with Crippen LogP contribution in [0.25, 0.3) is 11.4 Å². The van der Waals surface area contributed by atoms with Crippen molar-refractivity contribution in [3.63, 3.8) is 0 Å². The van der Waals surface area contributed by atoms with Crippen LogP contribution >= 0.6 is 23.1 Å². The highest BCUT2D eigenvalue weighted by Gasteiger charge is 2.17. The van der Waals surface area contributed by atoms with Crippen molar-refractivity contribution in [3.8, 4) is 11.4 Å². The number of carbonyl (C=O) groups is 1. The van der Waals surface area contributed by atoms with Gasteiger partial charge < -0.3 is 9.73 Å². The highest BCUT2D eigenvalue weighted by atomic mass is 32.2. The Morgan fingerprint density at radius 2 is 2.17 bits per heavy atom. The summed E-state index contributed by atoms with van der Waals surface area (Å²) >= 11 is 2.96. The molecule has 0 fully saturated rings. The van der Waals surface area contributed by atoms with E-state index in [2.05, 4.69) is 44.1 Å². The summed E-state index contributed by atoms with van der Waals surface area (Å²) in [5.41, 5.74) is 3.06. The molecule has 0 aliphatic carbocycles. The summed E-state index contributed by atoms with van der Waals surface area (Å²) in [6.07, 6.45) is 1.66. The average molecular weight is 426 g/mol. The van der Waals surface area contributed by atoms with Gasteiger partial charge in [-0.2, -0.15) is 0 Å². The molecule has 1 N–H and O–H groups in total. The van der Waals surface area contributed by atoms with Crippen molar-refractivity contribution in [1.29, 1.82) is 0 Å². The van der Waals surface area contributed by atoms with Gasteiger partial charge in [-0.25, -0.2) is 4.98 Å². The first-order valence-electron chi connectivity index (χ1n) is 8.96. The van der Waals surface area contributed by atoms with E-state index in [9.17, 15) is 4.79 Å². The first-order valence-corrected chi connectivity index (χ1v) is 10.8. The number of hydrogen-bond donors (Lipinski definition) is 1. The first kappa shape index (κ1) is 19.4. The summed E-state index contributed by atoms with van der Waals surface area (Å²) in [5, 5.41) is 14.9. The monoisotopic (exact) mass is 425 g/mol. The Morgan fingerprint density at radius 1 is 1.28 bits per heavy atom. The van der Waals surface area contributed by atoms with Crippen LogP contribution in [0, 0.1) is 6.92 Å². The van der Waals surface area contributed by atoms with Gasteiger partial charge in [0.1, 0.15) is 5.76 Å². The number of nitrogens with one attached hydrogen (secondary N) is 1. The van der Waals surface area contributed by atoms with Crippen molar-refractivity contribution in [2.45, 2.75) is 31.3 Å². The molecule has 3 aromatic heterocycles. The summed E-state index contributed by atoms with van der Waals surface area (Å²) in [4.78, 5) is 15.6. The molecule has 0 aliphatic heterocycles. The molecule has 4 aromatic rings. The van der Waals surface area contributed by atoms with Crippen LogP contribution in [0.15, 0.2) is 57.6 Å². The van der Waals surface area contributed by atoms with E-state index in [1.165, 1.54) is 18.3 Å². The first-order chi connectivity index (χ1) is 14.1. The van der Waals surface area contributed by atoms with E-state index in [0.29, 0.717) is 17.4 Å². The number of aromatic nitrogens is 4. The number of hydrogen-bond acceptors (Lipinski definition) is 7. The predicted molar refractivity (Wildman–Crippen MR) is 114 cm³/mol. The minimum atomic E-state index is -0.125. The molecule has 1 amide bonds. The molecule has 7 nitrogen and oxygen atoms in total. The fourth-order valence-electron chi connectivity index (χ4n) is 2.81. The van der Waals surface area contributed by atoms with Crippen LogP contribution in [0.4, 0.5) is 5.13 Å². The van der Waals surface area contributed by atoms with Gasteiger partial charge in [0.05, 0.1) is 18.5 Å². The number of amides is 1. The zero-order valence-electron chi connectivity index (χ0n) is 16.0. The van der Waals surface area contributed by atoms with E-state index in [0.717, 1.165) is 33.6 Å². The topological polar surface area (TPSA) is 85.8 Å². The lowest BCUT2D eigenvalue weighted by Gasteiger charge is -2.09. The molecule has 4 rings (SSSR count). The fourth-order valence-corrected chi connectivity index (χ4v) is 4.51. The number of carbonyl (C=O) groups excluding carboxylic acids is 1. The highest BCUT2D eigenvalue weighted by Crippen LogP contribution is 2.29. The minimum absolute atomic E-state index is 0.125. The van der Waals surface area contributed by atoms with Crippen LogP contribution in [0.5, 0.6) is 0 Å². The molecule has 0 unspecified atom stereocenters.